The fourth-order valence-electron chi connectivity index (χ4n) is 3.02. The molecule has 0 saturated heterocycles. The third-order valence-electron chi connectivity index (χ3n) is 4.40. The monoisotopic (exact) mass is 360 g/mol. The lowest BCUT2D eigenvalue weighted by molar-refractivity contribution is -0.116. The Morgan fingerprint density at radius 1 is 1.32 bits per heavy atom. The Morgan fingerprint density at radius 2 is 2.04 bits per heavy atom. The molecule has 1 heterocycles. The van der Waals surface area contributed by atoms with Crippen LogP contribution in [0.1, 0.15) is 33.5 Å². The molecule has 4 nitrogen and oxygen atoms in total. The number of carbonyl (C=O) groups is 2. The van der Waals surface area contributed by atoms with Crippen LogP contribution in [0.3, 0.4) is 0 Å². The molecule has 132 valence electrons. The van der Waals surface area contributed by atoms with Crippen LogP contribution in [-0.4, -0.2) is 30.3 Å². The van der Waals surface area contributed by atoms with Gasteiger partial charge in [0.15, 0.2) is 0 Å². The van der Waals surface area contributed by atoms with E-state index in [1.54, 1.807) is 18.4 Å². The molecule has 1 N–H and O–H groups in total. The highest BCUT2D eigenvalue weighted by Gasteiger charge is 2.23. The number of nitrogens with zero attached hydrogens (tertiary/aromatic N) is 1. The van der Waals surface area contributed by atoms with Crippen LogP contribution in [0.25, 0.3) is 0 Å². The van der Waals surface area contributed by atoms with Crippen LogP contribution in [0, 0.1) is 11.7 Å². The minimum Gasteiger partial charge on any atom is -0.332 e. The Morgan fingerprint density at radius 3 is 2.76 bits per heavy atom. The number of rotatable bonds is 4. The van der Waals surface area contributed by atoms with E-state index in [2.05, 4.69) is 12.2 Å². The largest absolute Gasteiger partial charge is 0.332 e. The second kappa shape index (κ2) is 7.35. The molecule has 1 atom stereocenters. The van der Waals surface area contributed by atoms with E-state index in [0.717, 1.165) is 19.3 Å². The maximum Gasteiger partial charge on any atom is 0.264 e. The third-order valence-corrected chi connectivity index (χ3v) is 5.62. The van der Waals surface area contributed by atoms with Gasteiger partial charge in [-0.25, -0.2) is 4.39 Å². The van der Waals surface area contributed by atoms with Crippen LogP contribution in [0.5, 0.6) is 0 Å². The second-order valence-electron chi connectivity index (χ2n) is 6.62. The van der Waals surface area contributed by atoms with Crippen molar-refractivity contribution in [2.24, 2.45) is 5.92 Å². The Bertz CT molecular complexity index is 785. The highest BCUT2D eigenvalue weighted by molar-refractivity contribution is 7.14. The number of likely N-dealkylation sites (N-methyl/N-ethyl adjacent to an activating group) is 1. The zero-order valence-corrected chi connectivity index (χ0v) is 15.2. The molecule has 0 bridgehead atoms. The van der Waals surface area contributed by atoms with Gasteiger partial charge in [-0.1, -0.05) is 6.92 Å². The summed E-state index contributed by atoms with van der Waals surface area (Å²) in [6.07, 6.45) is 3.22. The summed E-state index contributed by atoms with van der Waals surface area (Å²) in [5.41, 5.74) is 1.78. The normalized spacial score (nSPS) is 16.2. The molecule has 6 heteroatoms. The number of hydrogen-bond donors (Lipinski definition) is 1. The number of nitrogens with one attached hydrogen (secondary N) is 1. The molecule has 1 aliphatic rings. The lowest BCUT2D eigenvalue weighted by Crippen LogP contribution is -2.34. The van der Waals surface area contributed by atoms with Gasteiger partial charge < -0.3 is 10.2 Å². The Hall–Kier alpha value is -2.21. The van der Waals surface area contributed by atoms with Crippen LogP contribution in [0.15, 0.2) is 30.3 Å². The van der Waals surface area contributed by atoms with E-state index in [1.165, 1.54) is 39.6 Å². The zero-order valence-electron chi connectivity index (χ0n) is 14.3. The maximum atomic E-state index is 12.9. The van der Waals surface area contributed by atoms with Gasteiger partial charge in [-0.15, -0.1) is 11.3 Å². The van der Waals surface area contributed by atoms with Gasteiger partial charge in [0.2, 0.25) is 5.91 Å². The van der Waals surface area contributed by atoms with E-state index < -0.39 is 0 Å². The second-order valence-corrected chi connectivity index (χ2v) is 7.76. The standard InChI is InChI=1S/C19H21FN2O2S/c1-12-3-8-16-13(9-12)10-17(25-16)19(24)22(2)11-18(23)21-15-6-4-14(20)5-7-15/h4-7,10,12H,3,8-9,11H2,1-2H3,(H,21,23)/t12-/m1/s1. The molecule has 25 heavy (non-hydrogen) atoms. The smallest absolute Gasteiger partial charge is 0.264 e. The SMILES string of the molecule is C[C@@H]1CCc2sc(C(=O)N(C)CC(=O)Nc3ccc(F)cc3)cc2C1. The average Bonchev–Trinajstić information content (AvgIpc) is 2.99. The molecule has 1 aliphatic carbocycles. The predicted octanol–water partition coefficient (Wildman–Crippen LogP) is 3.72. The molecule has 0 aliphatic heterocycles. The Kier molecular flexibility index (Phi) is 5.18. The summed E-state index contributed by atoms with van der Waals surface area (Å²) >= 11 is 1.54. The first-order valence-corrected chi connectivity index (χ1v) is 9.16. The zero-order chi connectivity index (χ0) is 18.0. The van der Waals surface area contributed by atoms with Crippen LogP contribution in [0.4, 0.5) is 10.1 Å². The number of halogens is 1. The molecule has 0 saturated carbocycles. The molecule has 3 rings (SSSR count). The van der Waals surface area contributed by atoms with E-state index in [1.807, 2.05) is 6.07 Å². The molecule has 2 aromatic rings. The van der Waals surface area contributed by atoms with Gasteiger partial charge in [0, 0.05) is 17.6 Å². The molecule has 0 fully saturated rings. The number of aryl methyl sites for hydroxylation is 1. The summed E-state index contributed by atoms with van der Waals surface area (Å²) in [5, 5.41) is 2.67. The van der Waals surface area contributed by atoms with Crippen molar-refractivity contribution in [1.82, 2.24) is 4.90 Å². The predicted molar refractivity (Wildman–Crippen MR) is 97.5 cm³/mol. The van der Waals surface area contributed by atoms with Crippen LogP contribution < -0.4 is 5.32 Å². The average molecular weight is 360 g/mol. The van der Waals surface area contributed by atoms with Crippen LogP contribution >= 0.6 is 11.3 Å². The van der Waals surface area contributed by atoms with Crippen molar-refractivity contribution in [3.05, 3.63) is 51.5 Å². The van der Waals surface area contributed by atoms with E-state index in [0.29, 0.717) is 16.5 Å². The van der Waals surface area contributed by atoms with Crippen molar-refractivity contribution in [2.45, 2.75) is 26.2 Å². The number of hydrogen-bond acceptors (Lipinski definition) is 3. The molecule has 1 aromatic heterocycles. The molecule has 0 unspecified atom stereocenters. The maximum absolute atomic E-state index is 12.9. The van der Waals surface area contributed by atoms with E-state index >= 15 is 0 Å². The minimum absolute atomic E-state index is 0.0464. The quantitative estimate of drug-likeness (QED) is 0.903. The summed E-state index contributed by atoms with van der Waals surface area (Å²) < 4.78 is 12.9. The fourth-order valence-corrected chi connectivity index (χ4v) is 4.22. The van der Waals surface area contributed by atoms with Gasteiger partial charge in [-0.05, 0) is 61.1 Å². The lowest BCUT2D eigenvalue weighted by atomic mass is 9.90. The van der Waals surface area contributed by atoms with Crippen LogP contribution in [-0.2, 0) is 17.6 Å². The van der Waals surface area contributed by atoms with Crippen molar-refractivity contribution in [3.63, 3.8) is 0 Å². The fraction of sp³-hybridized carbons (Fsp3) is 0.368. The van der Waals surface area contributed by atoms with Crippen LogP contribution in [0.2, 0.25) is 0 Å². The summed E-state index contributed by atoms with van der Waals surface area (Å²) in [5.74, 6) is -0.149. The summed E-state index contributed by atoms with van der Waals surface area (Å²) in [6, 6.07) is 7.52. The van der Waals surface area contributed by atoms with Gasteiger partial charge in [0.05, 0.1) is 11.4 Å². The Balaban J connectivity index is 1.60. The summed E-state index contributed by atoms with van der Waals surface area (Å²) in [7, 11) is 1.62. The van der Waals surface area contributed by atoms with Gasteiger partial charge in [0.25, 0.3) is 5.91 Å². The van der Waals surface area contributed by atoms with Crippen molar-refractivity contribution in [2.75, 3.05) is 18.9 Å². The highest BCUT2D eigenvalue weighted by atomic mass is 32.1. The van der Waals surface area contributed by atoms with Gasteiger partial charge in [0.1, 0.15) is 5.82 Å². The van der Waals surface area contributed by atoms with Crippen molar-refractivity contribution in [3.8, 4) is 0 Å². The van der Waals surface area contributed by atoms with Gasteiger partial charge in [-0.2, -0.15) is 0 Å². The molecule has 0 spiro atoms. The first-order chi connectivity index (χ1) is 11.9. The number of carbonyl (C=O) groups excluding carboxylic acids is 2. The molecular formula is C19H21FN2O2S. The van der Waals surface area contributed by atoms with E-state index in [4.69, 9.17) is 0 Å². The number of fused-ring (bicyclic) bond motifs is 1. The van der Waals surface area contributed by atoms with E-state index in [9.17, 15) is 14.0 Å². The first-order valence-electron chi connectivity index (χ1n) is 8.35. The van der Waals surface area contributed by atoms with Crippen molar-refractivity contribution < 1.29 is 14.0 Å². The molecule has 2 amide bonds. The lowest BCUT2D eigenvalue weighted by Gasteiger charge is -2.16. The Labute approximate surface area is 150 Å². The van der Waals surface area contributed by atoms with E-state index in [-0.39, 0.29) is 24.2 Å². The number of amides is 2. The summed E-state index contributed by atoms with van der Waals surface area (Å²) in [4.78, 5) is 28.1. The van der Waals surface area contributed by atoms with Gasteiger partial charge in [-0.3, -0.25) is 9.59 Å². The molecular weight excluding hydrogens is 339 g/mol. The molecule has 1 aromatic carbocycles. The van der Waals surface area contributed by atoms with Gasteiger partial charge >= 0.3 is 0 Å². The van der Waals surface area contributed by atoms with Crippen molar-refractivity contribution >= 4 is 28.8 Å². The highest BCUT2D eigenvalue weighted by Crippen LogP contribution is 2.32. The van der Waals surface area contributed by atoms with Crippen molar-refractivity contribution in [1.29, 1.82) is 0 Å². The summed E-state index contributed by atoms with van der Waals surface area (Å²) in [6.45, 7) is 2.18. The molecule has 0 radical (unpaired) electrons. The number of benzene rings is 1. The minimum atomic E-state index is -0.360. The number of thiophene rings is 1. The topological polar surface area (TPSA) is 49.4 Å². The number of anilines is 1. The third kappa shape index (κ3) is 4.25. The first kappa shape index (κ1) is 17.6.